The van der Waals surface area contributed by atoms with Crippen LogP contribution in [-0.4, -0.2) is 38.3 Å². The first kappa shape index (κ1) is 22.2. The molecule has 160 valence electrons. The van der Waals surface area contributed by atoms with Gasteiger partial charge >= 0.3 is 0 Å². The average molecular weight is 461 g/mol. The number of nitro groups is 1. The van der Waals surface area contributed by atoms with Gasteiger partial charge in [-0.3, -0.25) is 19.2 Å². The summed E-state index contributed by atoms with van der Waals surface area (Å²) >= 11 is 5.98. The summed E-state index contributed by atoms with van der Waals surface area (Å²) < 4.78 is 25.7. The molecule has 0 saturated heterocycles. The number of anilines is 1. The van der Waals surface area contributed by atoms with Crippen LogP contribution in [-0.2, 0) is 14.8 Å². The normalized spacial score (nSPS) is 11.5. The van der Waals surface area contributed by atoms with Gasteiger partial charge in [-0.05, 0) is 17.5 Å². The second kappa shape index (κ2) is 9.11. The van der Waals surface area contributed by atoms with Gasteiger partial charge in [-0.1, -0.05) is 48.0 Å². The molecule has 0 heterocycles. The van der Waals surface area contributed by atoms with Crippen molar-refractivity contribution in [3.63, 3.8) is 0 Å². The lowest BCUT2D eigenvalue weighted by molar-refractivity contribution is -0.384. The minimum absolute atomic E-state index is 0.184. The van der Waals surface area contributed by atoms with Crippen LogP contribution in [0.1, 0.15) is 5.56 Å². The second-order valence-corrected chi connectivity index (χ2v) is 8.84. The van der Waals surface area contributed by atoms with Gasteiger partial charge in [0.2, 0.25) is 10.0 Å². The lowest BCUT2D eigenvalue weighted by Crippen LogP contribution is -2.39. The van der Waals surface area contributed by atoms with Crippen LogP contribution in [0.5, 0.6) is 0 Å². The van der Waals surface area contributed by atoms with Crippen molar-refractivity contribution in [2.45, 2.75) is 0 Å². The average Bonchev–Trinajstić information content (AvgIpc) is 2.72. The van der Waals surface area contributed by atoms with E-state index in [-0.39, 0.29) is 16.3 Å². The third-order valence-corrected chi connectivity index (χ3v) is 5.78. The molecule has 31 heavy (non-hydrogen) atoms. The number of nitro benzene ring substituents is 1. The number of benzene rings is 3. The van der Waals surface area contributed by atoms with Gasteiger partial charge in [0.15, 0.2) is 0 Å². The van der Waals surface area contributed by atoms with E-state index < -0.39 is 27.4 Å². The Kier molecular flexibility index (Phi) is 6.52. The highest BCUT2D eigenvalue weighted by Gasteiger charge is 2.22. The van der Waals surface area contributed by atoms with Gasteiger partial charge in [-0.2, -0.15) is 5.10 Å². The minimum atomic E-state index is -3.78. The predicted octanol–water partition coefficient (Wildman–Crippen LogP) is 3.32. The van der Waals surface area contributed by atoms with E-state index in [0.717, 1.165) is 22.2 Å². The summed E-state index contributed by atoms with van der Waals surface area (Å²) in [6.07, 6.45) is 2.16. The standard InChI is InChI=1S/C20H17ClN4O5S/c1-31(29,30)24(19-8-4-6-14-5-2-3-7-17(14)19)13-20(26)23-22-12-15-11-16(25(27)28)9-10-18(15)21/h2-12H,13H2,1H3,(H,23,26)/b22-12-. The van der Waals surface area contributed by atoms with Gasteiger partial charge < -0.3 is 0 Å². The number of sulfonamides is 1. The molecular weight excluding hydrogens is 444 g/mol. The third kappa shape index (κ3) is 5.36. The first-order valence-electron chi connectivity index (χ1n) is 8.88. The molecular formula is C20H17ClN4O5S. The van der Waals surface area contributed by atoms with E-state index in [0.29, 0.717) is 11.1 Å². The van der Waals surface area contributed by atoms with E-state index in [9.17, 15) is 23.3 Å². The van der Waals surface area contributed by atoms with E-state index >= 15 is 0 Å². The van der Waals surface area contributed by atoms with E-state index in [1.54, 1.807) is 24.3 Å². The Morgan fingerprint density at radius 2 is 1.90 bits per heavy atom. The van der Waals surface area contributed by atoms with Gasteiger partial charge in [-0.15, -0.1) is 0 Å². The fourth-order valence-corrected chi connectivity index (χ4v) is 3.92. The topological polar surface area (TPSA) is 122 Å². The van der Waals surface area contributed by atoms with Gasteiger partial charge in [-0.25, -0.2) is 13.8 Å². The molecule has 0 aliphatic rings. The maximum absolute atomic E-state index is 12.4. The van der Waals surface area contributed by atoms with E-state index in [4.69, 9.17) is 11.6 Å². The van der Waals surface area contributed by atoms with Crippen LogP contribution in [0.25, 0.3) is 10.8 Å². The molecule has 0 aliphatic carbocycles. The number of non-ortho nitro benzene ring substituents is 1. The van der Waals surface area contributed by atoms with Crippen molar-refractivity contribution < 1.29 is 18.1 Å². The van der Waals surface area contributed by atoms with Crippen molar-refractivity contribution in [1.29, 1.82) is 0 Å². The Bertz CT molecular complexity index is 1290. The highest BCUT2D eigenvalue weighted by atomic mass is 35.5. The minimum Gasteiger partial charge on any atom is -0.271 e. The predicted molar refractivity (Wildman–Crippen MR) is 120 cm³/mol. The number of hydrogen-bond donors (Lipinski definition) is 1. The highest BCUT2D eigenvalue weighted by Crippen LogP contribution is 2.28. The van der Waals surface area contributed by atoms with Crippen LogP contribution >= 0.6 is 11.6 Å². The second-order valence-electron chi connectivity index (χ2n) is 6.52. The summed E-state index contributed by atoms with van der Waals surface area (Å²) in [4.78, 5) is 22.7. The Hall–Kier alpha value is -3.50. The molecule has 0 aromatic heterocycles. The third-order valence-electron chi connectivity index (χ3n) is 4.31. The molecule has 0 radical (unpaired) electrons. The molecule has 0 spiro atoms. The number of carbonyl (C=O) groups excluding carboxylic acids is 1. The van der Waals surface area contributed by atoms with Crippen LogP contribution in [0.3, 0.4) is 0 Å². The number of hydrazone groups is 1. The van der Waals surface area contributed by atoms with Crippen LogP contribution in [0.15, 0.2) is 65.8 Å². The lowest BCUT2D eigenvalue weighted by Gasteiger charge is -2.23. The van der Waals surface area contributed by atoms with Gasteiger partial charge in [0.25, 0.3) is 11.6 Å². The zero-order valence-electron chi connectivity index (χ0n) is 16.2. The van der Waals surface area contributed by atoms with Crippen LogP contribution < -0.4 is 9.73 Å². The molecule has 9 nitrogen and oxygen atoms in total. The number of nitrogens with zero attached hydrogens (tertiary/aromatic N) is 3. The fraction of sp³-hybridized carbons (Fsp3) is 0.100. The van der Waals surface area contributed by atoms with Crippen LogP contribution in [0.4, 0.5) is 11.4 Å². The highest BCUT2D eigenvalue weighted by molar-refractivity contribution is 7.92. The summed E-state index contributed by atoms with van der Waals surface area (Å²) in [5.74, 6) is -0.698. The molecule has 0 atom stereocenters. The summed E-state index contributed by atoms with van der Waals surface area (Å²) in [6.45, 7) is -0.507. The number of amides is 1. The monoisotopic (exact) mass is 460 g/mol. The van der Waals surface area contributed by atoms with Gasteiger partial charge in [0.05, 0.1) is 23.1 Å². The maximum atomic E-state index is 12.4. The largest absolute Gasteiger partial charge is 0.271 e. The molecule has 3 aromatic carbocycles. The van der Waals surface area contributed by atoms with E-state index in [1.807, 2.05) is 18.2 Å². The molecule has 3 aromatic rings. The molecule has 0 fully saturated rings. The Labute approximate surface area is 183 Å². The lowest BCUT2D eigenvalue weighted by atomic mass is 10.1. The van der Waals surface area contributed by atoms with E-state index in [2.05, 4.69) is 10.5 Å². The number of halogens is 1. The maximum Gasteiger partial charge on any atom is 0.270 e. The zero-order valence-corrected chi connectivity index (χ0v) is 17.8. The Morgan fingerprint density at radius 3 is 2.61 bits per heavy atom. The summed E-state index contributed by atoms with van der Waals surface area (Å²) in [7, 11) is -3.78. The summed E-state index contributed by atoms with van der Waals surface area (Å²) in [6, 6.07) is 16.2. The van der Waals surface area contributed by atoms with Crippen molar-refractivity contribution in [3.8, 4) is 0 Å². The van der Waals surface area contributed by atoms with Crippen molar-refractivity contribution in [2.75, 3.05) is 17.1 Å². The van der Waals surface area contributed by atoms with Crippen molar-refractivity contribution in [1.82, 2.24) is 5.43 Å². The molecule has 1 amide bonds. The molecule has 11 heteroatoms. The molecule has 1 N–H and O–H groups in total. The number of hydrogen-bond acceptors (Lipinski definition) is 6. The molecule has 0 unspecified atom stereocenters. The molecule has 3 rings (SSSR count). The van der Waals surface area contributed by atoms with Crippen molar-refractivity contribution in [2.24, 2.45) is 5.10 Å². The van der Waals surface area contributed by atoms with E-state index in [1.165, 1.54) is 18.2 Å². The number of rotatable bonds is 7. The molecule has 0 saturated carbocycles. The first-order valence-corrected chi connectivity index (χ1v) is 11.1. The van der Waals surface area contributed by atoms with Gasteiger partial charge in [0.1, 0.15) is 6.54 Å². The number of carbonyl (C=O) groups is 1. The van der Waals surface area contributed by atoms with Crippen LogP contribution in [0, 0.1) is 10.1 Å². The Morgan fingerprint density at radius 1 is 1.19 bits per heavy atom. The van der Waals surface area contributed by atoms with Crippen LogP contribution in [0.2, 0.25) is 5.02 Å². The first-order chi connectivity index (χ1) is 14.7. The fourth-order valence-electron chi connectivity index (χ4n) is 2.89. The number of nitrogens with one attached hydrogen (secondary N) is 1. The van der Waals surface area contributed by atoms with Crippen molar-refractivity contribution >= 4 is 55.9 Å². The summed E-state index contributed by atoms with van der Waals surface area (Å²) in [5, 5.41) is 16.3. The van der Waals surface area contributed by atoms with Crippen molar-refractivity contribution in [3.05, 3.63) is 81.4 Å². The molecule has 0 bridgehead atoms. The molecule has 0 aliphatic heterocycles. The zero-order chi connectivity index (χ0) is 22.6. The Balaban J connectivity index is 1.81. The summed E-state index contributed by atoms with van der Waals surface area (Å²) in [5.41, 5.74) is 2.63. The quantitative estimate of drug-likeness (QED) is 0.329. The smallest absolute Gasteiger partial charge is 0.270 e. The van der Waals surface area contributed by atoms with Gasteiger partial charge in [0, 0.05) is 28.1 Å². The SMILES string of the molecule is CS(=O)(=O)N(CC(=O)N/N=C\c1cc([N+](=O)[O-])ccc1Cl)c1cccc2ccccc12. The number of fused-ring (bicyclic) bond motifs is 1.